The molecule has 0 atom stereocenters. The van der Waals surface area contributed by atoms with E-state index in [2.05, 4.69) is 182 Å². The molecule has 0 aliphatic heterocycles. The van der Waals surface area contributed by atoms with Crippen molar-refractivity contribution in [2.24, 2.45) is 0 Å². The van der Waals surface area contributed by atoms with Crippen LogP contribution in [0.2, 0.25) is 0 Å². The predicted octanol–water partition coefficient (Wildman–Crippen LogP) is 4.02. The van der Waals surface area contributed by atoms with Crippen LogP contribution in [0.4, 0.5) is 0 Å². The van der Waals surface area contributed by atoms with E-state index in [1.165, 1.54) is 21.5 Å². The second-order valence-electron chi connectivity index (χ2n) is 8.95. The monoisotopic (exact) mass is 782 g/mol. The molecule has 0 heterocycles. The quantitative estimate of drug-likeness (QED) is 0.225. The summed E-state index contributed by atoms with van der Waals surface area (Å²) in [6, 6.07) is 65.9. The number of benzene rings is 6. The van der Waals surface area contributed by atoms with Crippen LogP contribution in [0.15, 0.2) is 182 Å². The third-order valence-corrected chi connectivity index (χ3v) is 22.0. The first kappa shape index (κ1) is 29.4. The molecule has 0 unspecified atom stereocenters. The van der Waals surface area contributed by atoms with Crippen molar-refractivity contribution < 1.29 is 0 Å². The first-order valence-corrected chi connectivity index (χ1v) is 21.5. The van der Waals surface area contributed by atoms with Gasteiger partial charge in [-0.15, -0.1) is 0 Å². The van der Waals surface area contributed by atoms with Gasteiger partial charge in [-0.3, -0.25) is 0 Å². The van der Waals surface area contributed by atoms with Crippen LogP contribution in [-0.2, 0) is 0 Å². The summed E-state index contributed by atoms with van der Waals surface area (Å²) in [5.74, 6) is 0. The minimum atomic E-state index is -1.98. The van der Waals surface area contributed by atoms with Gasteiger partial charge in [-0.2, -0.15) is 0 Å². The predicted molar refractivity (Wildman–Crippen MR) is 174 cm³/mol. The van der Waals surface area contributed by atoms with Crippen molar-refractivity contribution >= 4 is 78.1 Å². The molecule has 0 saturated carbocycles. The summed E-state index contributed by atoms with van der Waals surface area (Å²) >= 11 is -3.96. The molecule has 6 rings (SSSR count). The zero-order chi connectivity index (χ0) is 25.8. The molecule has 0 aliphatic rings. The van der Waals surface area contributed by atoms with Gasteiger partial charge in [0.2, 0.25) is 0 Å². The van der Waals surface area contributed by atoms with Crippen molar-refractivity contribution in [3.63, 3.8) is 0 Å². The van der Waals surface area contributed by atoms with E-state index >= 15 is 0 Å². The van der Waals surface area contributed by atoms with E-state index in [-0.39, 0.29) is 17.1 Å². The Labute approximate surface area is 257 Å². The summed E-state index contributed by atoms with van der Waals surface area (Å²) in [5, 5.41) is 0. The van der Waals surface area contributed by atoms with E-state index in [1.54, 1.807) is 0 Å². The van der Waals surface area contributed by atoms with Gasteiger partial charge >= 0.3 is 243 Å². The topological polar surface area (TPSA) is 0 Å². The molecule has 4 radical (unpaired) electrons. The van der Waals surface area contributed by atoms with Crippen molar-refractivity contribution in [2.45, 2.75) is 0 Å². The van der Waals surface area contributed by atoms with E-state index in [1.807, 2.05) is 0 Å². The summed E-state index contributed by atoms with van der Waals surface area (Å²) in [6.07, 6.45) is 0. The Bertz CT molecular complexity index is 1170. The van der Waals surface area contributed by atoms with E-state index in [0.29, 0.717) is 0 Å². The van der Waals surface area contributed by atoms with Crippen LogP contribution in [-0.4, -0.2) is 56.6 Å². The Morgan fingerprint density at radius 1 is 0.205 bits per heavy atom. The normalized spacial score (nSPS) is 10.3. The molecule has 188 valence electrons. The van der Waals surface area contributed by atoms with Crippen LogP contribution >= 0.6 is 0 Å². The van der Waals surface area contributed by atoms with Crippen molar-refractivity contribution in [1.82, 2.24) is 0 Å². The summed E-state index contributed by atoms with van der Waals surface area (Å²) in [5.41, 5.74) is 0. The van der Waals surface area contributed by atoms with E-state index in [4.69, 9.17) is 0 Å². The van der Waals surface area contributed by atoms with Crippen molar-refractivity contribution in [2.75, 3.05) is 0 Å². The second-order valence-corrected chi connectivity index (χ2v) is 23.1. The molecule has 39 heavy (non-hydrogen) atoms. The molecular weight excluding hydrogens is 749 g/mol. The van der Waals surface area contributed by atoms with Crippen LogP contribution in [0.5, 0.6) is 0 Å². The van der Waals surface area contributed by atoms with Gasteiger partial charge in [-0.1, -0.05) is 0 Å². The molecule has 0 nitrogen and oxygen atoms in total. The summed E-state index contributed by atoms with van der Waals surface area (Å²) < 4.78 is 9.18. The average molecular weight is 779 g/mol. The Hall–Kier alpha value is -2.56. The molecule has 3 heteroatoms. The van der Waals surface area contributed by atoms with Gasteiger partial charge in [0.25, 0.3) is 0 Å². The first-order valence-electron chi connectivity index (χ1n) is 13.0. The van der Waals surface area contributed by atoms with Gasteiger partial charge in [0.15, 0.2) is 0 Å². The van der Waals surface area contributed by atoms with Gasteiger partial charge in [0.05, 0.1) is 0 Å². The van der Waals surface area contributed by atoms with Gasteiger partial charge in [0.1, 0.15) is 0 Å². The van der Waals surface area contributed by atoms with Gasteiger partial charge in [-0.05, 0) is 0 Å². The van der Waals surface area contributed by atoms with Crippen molar-refractivity contribution in [3.8, 4) is 0 Å². The Balaban J connectivity index is 0.000000176. The zero-order valence-corrected chi connectivity index (χ0v) is 29.2. The Morgan fingerprint density at radius 3 is 0.462 bits per heavy atom. The number of rotatable bonds is 6. The Morgan fingerprint density at radius 2 is 0.333 bits per heavy atom. The van der Waals surface area contributed by atoms with E-state index in [0.717, 1.165) is 0 Å². The van der Waals surface area contributed by atoms with Crippen LogP contribution in [0.1, 0.15) is 0 Å². The molecule has 0 saturated heterocycles. The standard InChI is InChI=1S/6C6H5.Se.2Sn/c6*1-2-4-6-5-3-1;;;/h6*1-5H;;;. The molecule has 0 bridgehead atoms. The molecule has 6 aromatic carbocycles. The van der Waals surface area contributed by atoms with Gasteiger partial charge in [0, 0.05) is 17.1 Å². The van der Waals surface area contributed by atoms with Crippen LogP contribution in [0.3, 0.4) is 0 Å². The molecule has 6 aromatic rings. The van der Waals surface area contributed by atoms with E-state index < -0.39 is 39.5 Å². The SMILES string of the molecule is [Se].c1cc[c]([Sn]([c]2ccccc2)[c]2ccccc2)cc1.c1cc[c]([Sn]([c]2ccccc2)[c]2ccccc2)cc1. The summed E-state index contributed by atoms with van der Waals surface area (Å²) in [4.78, 5) is 0. The Kier molecular flexibility index (Phi) is 12.0. The molecule has 0 aliphatic carbocycles. The molecule has 0 N–H and O–H groups in total. The summed E-state index contributed by atoms with van der Waals surface area (Å²) in [6.45, 7) is 0. The summed E-state index contributed by atoms with van der Waals surface area (Å²) in [7, 11) is 0. The third-order valence-electron chi connectivity index (χ3n) is 6.37. The maximum absolute atomic E-state index is 2.29. The fourth-order valence-electron chi connectivity index (χ4n) is 4.63. The second kappa shape index (κ2) is 15.9. The number of hydrogen-bond acceptors (Lipinski definition) is 0. The van der Waals surface area contributed by atoms with E-state index in [9.17, 15) is 0 Å². The van der Waals surface area contributed by atoms with Crippen molar-refractivity contribution in [1.29, 1.82) is 0 Å². The maximum atomic E-state index is 2.29. The molecule has 0 aromatic heterocycles. The molecular formula is C36H30SeSn2. The van der Waals surface area contributed by atoms with Gasteiger partial charge < -0.3 is 0 Å². The van der Waals surface area contributed by atoms with Gasteiger partial charge in [-0.25, -0.2) is 0 Å². The fraction of sp³-hybridized carbons (Fsp3) is 0. The zero-order valence-electron chi connectivity index (χ0n) is 21.7. The third kappa shape index (κ3) is 8.22. The first-order chi connectivity index (χ1) is 18.9. The number of hydrogen-bond donors (Lipinski definition) is 0. The van der Waals surface area contributed by atoms with Crippen LogP contribution < -0.4 is 21.5 Å². The van der Waals surface area contributed by atoms with Crippen LogP contribution in [0, 0.1) is 0 Å². The molecule has 0 fully saturated rings. The fourth-order valence-corrected chi connectivity index (χ4v) is 19.3. The minimum absolute atomic E-state index is 0. The van der Waals surface area contributed by atoms with Crippen LogP contribution in [0.25, 0.3) is 0 Å². The average Bonchev–Trinajstić information content (AvgIpc) is 3.01. The molecule has 0 spiro atoms. The van der Waals surface area contributed by atoms with Crippen molar-refractivity contribution in [3.05, 3.63) is 182 Å². The molecule has 0 amide bonds.